The van der Waals surface area contributed by atoms with Crippen molar-refractivity contribution in [3.05, 3.63) is 40.5 Å². The number of urea groups is 1. The van der Waals surface area contributed by atoms with Crippen molar-refractivity contribution >= 4 is 23.4 Å². The minimum absolute atomic E-state index is 0.0129. The summed E-state index contributed by atoms with van der Waals surface area (Å²) in [5.41, 5.74) is 1.58. The third-order valence-electron chi connectivity index (χ3n) is 3.65. The van der Waals surface area contributed by atoms with Gasteiger partial charge in [-0.25, -0.2) is 4.79 Å². The molecule has 0 radical (unpaired) electrons. The van der Waals surface area contributed by atoms with Gasteiger partial charge in [0.05, 0.1) is 10.7 Å². The normalized spacial score (nSPS) is 13.9. The van der Waals surface area contributed by atoms with Crippen LogP contribution in [0.2, 0.25) is 5.02 Å². The zero-order valence-corrected chi connectivity index (χ0v) is 12.9. The number of halogens is 1. The number of benzene rings is 1. The molecule has 116 valence electrons. The van der Waals surface area contributed by atoms with E-state index in [9.17, 15) is 9.90 Å². The lowest BCUT2D eigenvalue weighted by Crippen LogP contribution is -2.29. The number of carbonyl (C=O) groups is 1. The number of rotatable bonds is 4. The molecular weight excluding hydrogens is 304 g/mol. The molecule has 1 aromatic carbocycles. The van der Waals surface area contributed by atoms with E-state index >= 15 is 0 Å². The Morgan fingerprint density at radius 2 is 2.27 bits per heavy atom. The number of para-hydroxylation sites is 1. The maximum Gasteiger partial charge on any atom is 0.320 e. The predicted octanol–water partition coefficient (Wildman–Crippen LogP) is 2.98. The highest BCUT2D eigenvalue weighted by Gasteiger charge is 2.27. The summed E-state index contributed by atoms with van der Waals surface area (Å²) >= 11 is 5.83. The highest BCUT2D eigenvalue weighted by Crippen LogP contribution is 2.39. The van der Waals surface area contributed by atoms with E-state index in [2.05, 4.69) is 15.7 Å². The second-order valence-electron chi connectivity index (χ2n) is 5.41. The lowest BCUT2D eigenvalue weighted by Gasteiger charge is -2.09. The molecule has 0 saturated heterocycles. The molecule has 3 rings (SSSR count). The number of nitrogens with one attached hydrogen (secondary N) is 2. The number of hydrogen-bond donors (Lipinski definition) is 3. The van der Waals surface area contributed by atoms with E-state index in [0.717, 1.165) is 18.5 Å². The van der Waals surface area contributed by atoms with Gasteiger partial charge in [0.25, 0.3) is 0 Å². The minimum atomic E-state index is -0.357. The molecule has 7 heteroatoms. The van der Waals surface area contributed by atoms with Crippen LogP contribution < -0.4 is 10.6 Å². The Morgan fingerprint density at radius 3 is 3.00 bits per heavy atom. The molecule has 1 heterocycles. The van der Waals surface area contributed by atoms with E-state index < -0.39 is 0 Å². The van der Waals surface area contributed by atoms with Crippen LogP contribution in [0.15, 0.2) is 24.3 Å². The Balaban J connectivity index is 1.59. The van der Waals surface area contributed by atoms with Gasteiger partial charge >= 0.3 is 6.03 Å². The van der Waals surface area contributed by atoms with Crippen LogP contribution in [-0.4, -0.2) is 20.9 Å². The first-order chi connectivity index (χ1) is 10.5. The Kier molecular flexibility index (Phi) is 3.94. The summed E-state index contributed by atoms with van der Waals surface area (Å²) in [5, 5.41) is 19.9. The molecule has 3 N–H and O–H groups in total. The maximum atomic E-state index is 12.0. The monoisotopic (exact) mass is 320 g/mol. The van der Waals surface area contributed by atoms with Crippen molar-refractivity contribution in [2.45, 2.75) is 25.3 Å². The number of carbonyl (C=O) groups excluding carboxylic acids is 1. The van der Waals surface area contributed by atoms with Gasteiger partial charge in [-0.1, -0.05) is 23.7 Å². The van der Waals surface area contributed by atoms with Crippen molar-refractivity contribution in [2.24, 2.45) is 7.05 Å². The fraction of sp³-hybridized carbons (Fsp3) is 0.333. The number of aryl methyl sites for hydroxylation is 1. The summed E-state index contributed by atoms with van der Waals surface area (Å²) in [6.45, 7) is 0.186. The third-order valence-corrected chi connectivity index (χ3v) is 3.95. The maximum absolute atomic E-state index is 12.0. The summed E-state index contributed by atoms with van der Waals surface area (Å²) in [7, 11) is 1.80. The SMILES string of the molecule is Cn1nc(C2CC2)cc1NC(=O)NCc1cccc(Cl)c1O. The van der Waals surface area contributed by atoms with Gasteiger partial charge in [-0.05, 0) is 18.9 Å². The van der Waals surface area contributed by atoms with Crippen LogP contribution in [0.3, 0.4) is 0 Å². The van der Waals surface area contributed by atoms with Crippen molar-refractivity contribution in [1.29, 1.82) is 0 Å². The Bertz CT molecular complexity index is 710. The zero-order valence-electron chi connectivity index (χ0n) is 12.1. The van der Waals surface area contributed by atoms with Crippen LogP contribution in [0, 0.1) is 0 Å². The zero-order chi connectivity index (χ0) is 15.7. The molecule has 1 aliphatic carbocycles. The summed E-state index contributed by atoms with van der Waals surface area (Å²) in [4.78, 5) is 12.0. The van der Waals surface area contributed by atoms with Gasteiger partial charge in [0.15, 0.2) is 0 Å². The molecular formula is C15H17ClN4O2. The van der Waals surface area contributed by atoms with Crippen LogP contribution in [0.4, 0.5) is 10.6 Å². The molecule has 0 atom stereocenters. The van der Waals surface area contributed by atoms with Crippen LogP contribution in [0.1, 0.15) is 30.0 Å². The molecule has 1 fully saturated rings. The number of nitrogens with zero attached hydrogens (tertiary/aromatic N) is 2. The number of amides is 2. The van der Waals surface area contributed by atoms with Gasteiger partial charge < -0.3 is 10.4 Å². The number of hydrogen-bond acceptors (Lipinski definition) is 3. The molecule has 0 spiro atoms. The van der Waals surface area contributed by atoms with Crippen molar-refractivity contribution in [3.8, 4) is 5.75 Å². The average molecular weight is 321 g/mol. The number of phenols is 1. The smallest absolute Gasteiger partial charge is 0.320 e. The number of aromatic nitrogens is 2. The van der Waals surface area contributed by atoms with Gasteiger partial charge in [0, 0.05) is 31.1 Å². The molecule has 0 aliphatic heterocycles. The van der Waals surface area contributed by atoms with Crippen molar-refractivity contribution in [3.63, 3.8) is 0 Å². The summed E-state index contributed by atoms with van der Waals surface area (Å²) < 4.78 is 1.66. The van der Waals surface area contributed by atoms with Gasteiger partial charge in [-0.3, -0.25) is 10.00 Å². The van der Waals surface area contributed by atoms with Crippen LogP contribution in [-0.2, 0) is 13.6 Å². The van der Waals surface area contributed by atoms with Gasteiger partial charge in [0.1, 0.15) is 11.6 Å². The lowest BCUT2D eigenvalue weighted by atomic mass is 10.2. The molecule has 6 nitrogen and oxygen atoms in total. The van der Waals surface area contributed by atoms with Crippen LogP contribution in [0.25, 0.3) is 0 Å². The fourth-order valence-corrected chi connectivity index (χ4v) is 2.42. The molecule has 22 heavy (non-hydrogen) atoms. The molecule has 2 aromatic rings. The van der Waals surface area contributed by atoms with E-state index in [4.69, 9.17) is 11.6 Å². The highest BCUT2D eigenvalue weighted by atomic mass is 35.5. The molecule has 0 bridgehead atoms. The number of anilines is 1. The Morgan fingerprint density at radius 1 is 1.50 bits per heavy atom. The lowest BCUT2D eigenvalue weighted by molar-refractivity contribution is 0.251. The summed E-state index contributed by atoms with van der Waals surface area (Å²) in [5.74, 6) is 1.17. The van der Waals surface area contributed by atoms with Gasteiger partial charge in [-0.2, -0.15) is 5.10 Å². The first kappa shape index (κ1) is 14.7. The summed E-state index contributed by atoms with van der Waals surface area (Å²) in [6.07, 6.45) is 2.33. The van der Waals surface area contributed by atoms with Gasteiger partial charge in [-0.15, -0.1) is 0 Å². The molecule has 1 aromatic heterocycles. The second-order valence-corrected chi connectivity index (χ2v) is 5.81. The van der Waals surface area contributed by atoms with E-state index in [1.807, 2.05) is 6.07 Å². The molecule has 1 saturated carbocycles. The summed E-state index contributed by atoms with van der Waals surface area (Å²) in [6, 6.07) is 6.56. The molecule has 1 aliphatic rings. The topological polar surface area (TPSA) is 79.2 Å². The predicted molar refractivity (Wildman–Crippen MR) is 84.2 cm³/mol. The third kappa shape index (κ3) is 3.17. The van der Waals surface area contributed by atoms with E-state index in [0.29, 0.717) is 17.3 Å². The van der Waals surface area contributed by atoms with Crippen molar-refractivity contribution in [1.82, 2.24) is 15.1 Å². The first-order valence-corrected chi connectivity index (χ1v) is 7.47. The highest BCUT2D eigenvalue weighted by molar-refractivity contribution is 6.32. The van der Waals surface area contributed by atoms with Crippen molar-refractivity contribution < 1.29 is 9.90 Å². The minimum Gasteiger partial charge on any atom is -0.506 e. The van der Waals surface area contributed by atoms with Gasteiger partial charge in [0.2, 0.25) is 0 Å². The molecule has 2 amide bonds. The van der Waals surface area contributed by atoms with Crippen LogP contribution >= 0.6 is 11.6 Å². The van der Waals surface area contributed by atoms with Crippen LogP contribution in [0.5, 0.6) is 5.75 Å². The largest absolute Gasteiger partial charge is 0.506 e. The second kappa shape index (κ2) is 5.88. The van der Waals surface area contributed by atoms with E-state index in [1.165, 1.54) is 0 Å². The first-order valence-electron chi connectivity index (χ1n) is 7.09. The Hall–Kier alpha value is -2.21. The van der Waals surface area contributed by atoms with E-state index in [1.54, 1.807) is 29.9 Å². The fourth-order valence-electron chi connectivity index (χ4n) is 2.22. The number of aromatic hydroxyl groups is 1. The molecule has 0 unspecified atom stereocenters. The average Bonchev–Trinajstić information content (AvgIpc) is 3.26. The van der Waals surface area contributed by atoms with E-state index in [-0.39, 0.29) is 23.3 Å². The standard InChI is InChI=1S/C15H17ClN4O2/c1-20-13(7-12(19-20)9-5-6-9)18-15(22)17-8-10-3-2-4-11(16)14(10)21/h2-4,7,9,21H,5-6,8H2,1H3,(H2,17,18,22). The number of phenolic OH excluding ortho intramolecular Hbond substituents is 1. The van der Waals surface area contributed by atoms with Crippen molar-refractivity contribution in [2.75, 3.05) is 5.32 Å². The Labute approximate surface area is 133 Å². The quantitative estimate of drug-likeness (QED) is 0.810.